The molecule has 0 radical (unpaired) electrons. The van der Waals surface area contributed by atoms with Gasteiger partial charge in [0.1, 0.15) is 5.78 Å². The lowest BCUT2D eigenvalue weighted by Crippen LogP contribution is -2.48. The Morgan fingerprint density at radius 1 is 1.07 bits per heavy atom. The molecule has 4 atom stereocenters. The van der Waals surface area contributed by atoms with Crippen molar-refractivity contribution in [2.75, 3.05) is 7.11 Å². The van der Waals surface area contributed by atoms with Crippen LogP contribution in [0.5, 0.6) is 0 Å². The number of benzene rings is 1. The van der Waals surface area contributed by atoms with Crippen LogP contribution in [0.3, 0.4) is 0 Å². The predicted molar refractivity (Wildman–Crippen MR) is 186 cm³/mol. The predicted octanol–water partition coefficient (Wildman–Crippen LogP) is 9.72. The van der Waals surface area contributed by atoms with Crippen molar-refractivity contribution in [1.29, 1.82) is 0 Å². The Bertz CT molecular complexity index is 1010. The zero-order valence-electron chi connectivity index (χ0n) is 28.7. The van der Waals surface area contributed by atoms with E-state index in [1.807, 2.05) is 6.92 Å². The molecule has 1 aromatic rings. The number of carbonyl (C=O) groups excluding carboxylic acids is 2. The molecule has 1 N–H and O–H groups in total. The second kappa shape index (κ2) is 19.2. The molecule has 250 valence electrons. The van der Waals surface area contributed by atoms with E-state index in [1.54, 1.807) is 0 Å². The van der Waals surface area contributed by atoms with Crippen LogP contribution in [0.1, 0.15) is 123 Å². The number of hydrogen-bond acceptors (Lipinski definition) is 5. The van der Waals surface area contributed by atoms with E-state index in [1.165, 1.54) is 12.7 Å². The fourth-order valence-corrected chi connectivity index (χ4v) is 11.7. The van der Waals surface area contributed by atoms with Gasteiger partial charge in [0.05, 0.1) is 18.8 Å². The summed E-state index contributed by atoms with van der Waals surface area (Å²) >= 11 is 6.02. The van der Waals surface area contributed by atoms with Crippen molar-refractivity contribution < 1.29 is 23.9 Å². The molecule has 1 aromatic carbocycles. The lowest BCUT2D eigenvalue weighted by Gasteiger charge is -2.42. The minimum absolute atomic E-state index is 0.0203. The number of carbonyl (C=O) groups is 2. The van der Waals surface area contributed by atoms with Crippen molar-refractivity contribution in [3.8, 4) is 0 Å². The Hall–Kier alpha value is -1.47. The monoisotopic (exact) mass is 648 g/mol. The highest BCUT2D eigenvalue weighted by molar-refractivity contribution is 6.76. The molecule has 1 fully saturated rings. The van der Waals surface area contributed by atoms with Crippen LogP contribution >= 0.6 is 11.6 Å². The Morgan fingerprint density at radius 2 is 1.70 bits per heavy atom. The third-order valence-electron chi connectivity index (χ3n) is 9.88. The van der Waals surface area contributed by atoms with Crippen molar-refractivity contribution >= 4 is 31.7 Å². The van der Waals surface area contributed by atoms with Gasteiger partial charge in [-0.25, -0.2) is 0 Å². The van der Waals surface area contributed by atoms with Crippen molar-refractivity contribution in [3.05, 3.63) is 47.5 Å². The molecule has 0 bridgehead atoms. The SMILES string of the molecule is CCCCC(C)(O)CC=C[C@H]1C(O[Si](CCc2ccc(CCl)cc2)(C(C)C)C(C)C)CC(=O)[C@@H]1CCCCCCC(=O)OC. The zero-order valence-corrected chi connectivity index (χ0v) is 30.5. The molecule has 0 spiro atoms. The van der Waals surface area contributed by atoms with Crippen molar-refractivity contribution in [2.45, 2.75) is 153 Å². The maximum atomic E-state index is 13.6. The molecule has 0 heterocycles. The summed E-state index contributed by atoms with van der Waals surface area (Å²) in [5, 5.41) is 10.9. The summed E-state index contributed by atoms with van der Waals surface area (Å²) in [6.07, 6.45) is 14.1. The molecule has 0 amide bonds. The molecule has 0 saturated heterocycles. The molecule has 44 heavy (non-hydrogen) atoms. The van der Waals surface area contributed by atoms with Crippen LogP contribution in [0.15, 0.2) is 36.4 Å². The van der Waals surface area contributed by atoms with Crippen LogP contribution in [0, 0.1) is 11.8 Å². The number of hydrogen-bond donors (Lipinski definition) is 1. The average Bonchev–Trinajstić information content (AvgIpc) is 3.28. The van der Waals surface area contributed by atoms with Crippen LogP contribution in [-0.4, -0.2) is 44.0 Å². The molecule has 0 aliphatic heterocycles. The smallest absolute Gasteiger partial charge is 0.305 e. The van der Waals surface area contributed by atoms with E-state index in [0.717, 1.165) is 69.4 Å². The van der Waals surface area contributed by atoms with Gasteiger partial charge >= 0.3 is 5.97 Å². The zero-order chi connectivity index (χ0) is 32.8. The summed E-state index contributed by atoms with van der Waals surface area (Å²) in [5.74, 6) is 0.627. The van der Waals surface area contributed by atoms with Gasteiger partial charge in [-0.05, 0) is 67.3 Å². The number of ketones is 1. The Morgan fingerprint density at radius 3 is 2.30 bits per heavy atom. The summed E-state index contributed by atoms with van der Waals surface area (Å²) in [7, 11) is -0.854. The number of aryl methyl sites for hydroxylation is 1. The summed E-state index contributed by atoms with van der Waals surface area (Å²) < 4.78 is 12.1. The Kier molecular flexibility index (Phi) is 16.9. The van der Waals surface area contributed by atoms with E-state index in [4.69, 9.17) is 20.8 Å². The van der Waals surface area contributed by atoms with Gasteiger partial charge in [0.2, 0.25) is 0 Å². The van der Waals surface area contributed by atoms with E-state index < -0.39 is 13.9 Å². The number of unbranched alkanes of at least 4 members (excludes halogenated alkanes) is 4. The van der Waals surface area contributed by atoms with Crippen molar-refractivity contribution in [1.82, 2.24) is 0 Å². The molecular weight excluding hydrogens is 588 g/mol. The highest BCUT2D eigenvalue weighted by atomic mass is 35.5. The first kappa shape index (κ1) is 38.7. The van der Waals surface area contributed by atoms with Gasteiger partial charge in [-0.15, -0.1) is 11.6 Å². The van der Waals surface area contributed by atoms with Crippen LogP contribution < -0.4 is 0 Å². The quantitative estimate of drug-likeness (QED) is 0.0472. The minimum atomic E-state index is -2.28. The van der Waals surface area contributed by atoms with Gasteiger partial charge in [-0.3, -0.25) is 9.59 Å². The van der Waals surface area contributed by atoms with Crippen LogP contribution in [0.4, 0.5) is 0 Å². The highest BCUT2D eigenvalue weighted by Gasteiger charge is 2.49. The molecule has 2 rings (SSSR count). The number of methoxy groups -OCH3 is 1. The molecular formula is C37H61ClO5Si. The first-order valence-electron chi connectivity index (χ1n) is 17.2. The molecule has 1 aliphatic rings. The summed E-state index contributed by atoms with van der Waals surface area (Å²) in [4.78, 5) is 25.1. The molecule has 0 aromatic heterocycles. The number of rotatable bonds is 21. The summed E-state index contributed by atoms with van der Waals surface area (Å²) in [6, 6.07) is 9.62. The van der Waals surface area contributed by atoms with Gasteiger partial charge < -0.3 is 14.3 Å². The fourth-order valence-electron chi connectivity index (χ4n) is 6.91. The second-order valence-corrected chi connectivity index (χ2v) is 19.2. The first-order chi connectivity index (χ1) is 20.9. The second-order valence-electron chi connectivity index (χ2n) is 14.0. The fraction of sp³-hybridized carbons (Fsp3) is 0.730. The highest BCUT2D eigenvalue weighted by Crippen LogP contribution is 2.44. The lowest BCUT2D eigenvalue weighted by atomic mass is 9.87. The summed E-state index contributed by atoms with van der Waals surface area (Å²) in [5.41, 5.74) is 2.51. The molecule has 1 saturated carbocycles. The summed E-state index contributed by atoms with van der Waals surface area (Å²) in [6.45, 7) is 13.3. The number of Topliss-reactive ketones (excluding diaryl/α,β-unsaturated/α-hetero) is 1. The van der Waals surface area contributed by atoms with E-state index >= 15 is 0 Å². The van der Waals surface area contributed by atoms with E-state index in [2.05, 4.69) is 71.0 Å². The standard InChI is InChI=1S/C37H61ClO5Si/c1-8-9-23-37(6,41)24-14-16-33-32(15-12-10-11-13-17-36(40)42-7)34(39)26-35(33)43-44(28(2)3,29(4)5)25-22-30-18-20-31(27-38)21-19-30/h14,16,18-21,28-29,32-33,35,41H,8-13,15,17,22-27H2,1-7H3/t32-,33-,35?,37?/m1/s1. The largest absolute Gasteiger partial charge is 0.469 e. The molecule has 5 nitrogen and oxygen atoms in total. The third kappa shape index (κ3) is 12.0. The van der Waals surface area contributed by atoms with Crippen molar-refractivity contribution in [2.24, 2.45) is 11.8 Å². The number of esters is 1. The molecule has 2 unspecified atom stereocenters. The number of halogens is 1. The Balaban J connectivity index is 2.24. The third-order valence-corrected chi connectivity index (χ3v) is 15.9. The van der Waals surface area contributed by atoms with Crippen LogP contribution in [-0.2, 0) is 31.1 Å². The van der Waals surface area contributed by atoms with Crippen molar-refractivity contribution in [3.63, 3.8) is 0 Å². The minimum Gasteiger partial charge on any atom is -0.469 e. The molecule has 1 aliphatic carbocycles. The van der Waals surface area contributed by atoms with E-state index in [-0.39, 0.29) is 23.9 Å². The maximum Gasteiger partial charge on any atom is 0.305 e. The lowest BCUT2D eigenvalue weighted by molar-refractivity contribution is -0.140. The average molecular weight is 649 g/mol. The van der Waals surface area contributed by atoms with Crippen LogP contribution in [0.25, 0.3) is 0 Å². The number of aliphatic hydroxyl groups is 1. The topological polar surface area (TPSA) is 72.8 Å². The maximum absolute atomic E-state index is 13.6. The van der Waals surface area contributed by atoms with Gasteiger partial charge in [-0.1, -0.05) is 103 Å². The Labute approximate surface area is 274 Å². The van der Waals surface area contributed by atoms with E-state index in [0.29, 0.717) is 42.0 Å². The van der Waals surface area contributed by atoms with Gasteiger partial charge in [0.25, 0.3) is 0 Å². The first-order valence-corrected chi connectivity index (χ1v) is 20.0. The van der Waals surface area contributed by atoms with Gasteiger partial charge in [0, 0.05) is 30.6 Å². The normalized spacial score (nSPS) is 20.6. The molecule has 7 heteroatoms. The van der Waals surface area contributed by atoms with E-state index in [9.17, 15) is 14.7 Å². The number of ether oxygens (including phenoxy) is 1. The van der Waals surface area contributed by atoms with Gasteiger partial charge in [0.15, 0.2) is 8.32 Å². The van der Waals surface area contributed by atoms with Crippen LogP contribution in [0.2, 0.25) is 17.1 Å². The van der Waals surface area contributed by atoms with Gasteiger partial charge in [-0.2, -0.15) is 0 Å². The number of alkyl halides is 1.